The molecule has 0 spiro atoms. The Morgan fingerprint density at radius 1 is 1.57 bits per heavy atom. The lowest BCUT2D eigenvalue weighted by Crippen LogP contribution is -2.04. The quantitative estimate of drug-likeness (QED) is 0.259. The molecule has 40 valence electrons. The van der Waals surface area contributed by atoms with E-state index < -0.39 is 12.2 Å². The Balaban J connectivity index is 3.68. The van der Waals surface area contributed by atoms with Gasteiger partial charge < -0.3 is 5.73 Å². The maximum absolute atomic E-state index is 11.1. The number of nitrogens with one attached hydrogen (secondary N) is 1. The van der Waals surface area contributed by atoms with E-state index in [0.29, 0.717) is 0 Å². The minimum atomic E-state index is -1.63. The molecule has 0 heterocycles. The largest absolute Gasteiger partial charge is 0.359 e. The second kappa shape index (κ2) is 2.22. The van der Waals surface area contributed by atoms with Crippen LogP contribution in [0.15, 0.2) is 4.99 Å². The maximum atomic E-state index is 11.1. The first-order valence-corrected chi connectivity index (χ1v) is 1.36. The topological polar surface area (TPSA) is 62.2 Å². The van der Waals surface area contributed by atoms with Gasteiger partial charge in [-0.2, -0.15) is 13.8 Å². The highest BCUT2D eigenvalue weighted by atomic mass is 19.1. The minimum Gasteiger partial charge on any atom is -0.359 e. The molecule has 0 atom stereocenters. The Hall–Kier alpha value is -1.00. The molecule has 0 amide bonds. The van der Waals surface area contributed by atoms with Crippen LogP contribution in [0, 0.1) is 5.41 Å². The van der Waals surface area contributed by atoms with Gasteiger partial charge in [0.05, 0.1) is 0 Å². The van der Waals surface area contributed by atoms with Crippen molar-refractivity contribution in [2.45, 2.75) is 0 Å². The number of rotatable bonds is 0. The van der Waals surface area contributed by atoms with Crippen LogP contribution in [0.5, 0.6) is 0 Å². The van der Waals surface area contributed by atoms with Crippen molar-refractivity contribution in [1.29, 1.82) is 5.41 Å². The summed E-state index contributed by atoms with van der Waals surface area (Å²) >= 11 is 0. The van der Waals surface area contributed by atoms with Crippen LogP contribution in [-0.4, -0.2) is 12.2 Å². The van der Waals surface area contributed by atoms with Crippen LogP contribution in [0.3, 0.4) is 0 Å². The fraction of sp³-hybridized carbons (Fsp3) is 0. The monoisotopic (exact) mass is 107 g/mol. The average molecular weight is 107 g/mol. The molecule has 0 bridgehead atoms. The molecule has 0 fully saturated rings. The van der Waals surface area contributed by atoms with E-state index in [9.17, 15) is 8.78 Å². The summed E-state index contributed by atoms with van der Waals surface area (Å²) in [6.07, 6.45) is -3.06. The first-order valence-electron chi connectivity index (χ1n) is 1.36. The van der Waals surface area contributed by atoms with Gasteiger partial charge in [-0.3, -0.25) is 5.41 Å². The van der Waals surface area contributed by atoms with E-state index in [0.717, 1.165) is 0 Å². The lowest BCUT2D eigenvalue weighted by atomic mass is 11.1. The average Bonchev–Trinajstić information content (AvgIpc) is 1.27. The lowest BCUT2D eigenvalue weighted by Gasteiger charge is -1.76. The molecule has 0 radical (unpaired) electrons. The Kier molecular flexibility index (Phi) is 1.90. The van der Waals surface area contributed by atoms with Gasteiger partial charge in [0.25, 0.3) is 6.09 Å². The van der Waals surface area contributed by atoms with Crippen molar-refractivity contribution in [3.05, 3.63) is 0 Å². The minimum absolute atomic E-state index is 1.44. The summed E-state index contributed by atoms with van der Waals surface area (Å²) in [5.41, 5.74) is 4.20. The predicted octanol–water partition coefficient (Wildman–Crippen LogP) is 0.175. The van der Waals surface area contributed by atoms with Gasteiger partial charge in [0.1, 0.15) is 0 Å². The van der Waals surface area contributed by atoms with Gasteiger partial charge in [-0.1, -0.05) is 0 Å². The number of hydrogen-bond donors (Lipinski definition) is 2. The third kappa shape index (κ3) is 5.00. The molecule has 5 heteroatoms. The van der Waals surface area contributed by atoms with E-state index in [1.807, 2.05) is 0 Å². The van der Waals surface area contributed by atoms with Gasteiger partial charge in [-0.15, -0.1) is 0 Å². The highest BCUT2D eigenvalue weighted by Gasteiger charge is 1.86. The second-order valence-corrected chi connectivity index (χ2v) is 0.725. The fourth-order valence-electron chi connectivity index (χ4n) is 0.0938. The molecule has 0 saturated heterocycles. The van der Waals surface area contributed by atoms with E-state index >= 15 is 0 Å². The third-order valence-electron chi connectivity index (χ3n) is 0.205. The third-order valence-corrected chi connectivity index (χ3v) is 0.205. The van der Waals surface area contributed by atoms with Crippen LogP contribution >= 0.6 is 0 Å². The zero-order chi connectivity index (χ0) is 5.86. The van der Waals surface area contributed by atoms with Crippen molar-refractivity contribution in [2.75, 3.05) is 0 Å². The summed E-state index contributed by atoms with van der Waals surface area (Å²) in [5.74, 6) is 0. The number of nitrogens with two attached hydrogens (primary N) is 1. The van der Waals surface area contributed by atoms with Crippen LogP contribution in [0.25, 0.3) is 0 Å². The molecule has 0 aromatic carbocycles. The molecule has 0 rings (SSSR count). The van der Waals surface area contributed by atoms with E-state index in [2.05, 4.69) is 10.7 Å². The van der Waals surface area contributed by atoms with Crippen molar-refractivity contribution >= 4 is 12.2 Å². The molecule has 3 N–H and O–H groups in total. The Labute approximate surface area is 38.4 Å². The fourth-order valence-corrected chi connectivity index (χ4v) is 0.0938. The van der Waals surface area contributed by atoms with Gasteiger partial charge in [-0.25, -0.2) is 0 Å². The van der Waals surface area contributed by atoms with Crippen molar-refractivity contribution in [1.82, 2.24) is 0 Å². The van der Waals surface area contributed by atoms with Gasteiger partial charge in [0, 0.05) is 0 Å². The summed E-state index contributed by atoms with van der Waals surface area (Å²) in [4.78, 5) is 2.22. The van der Waals surface area contributed by atoms with Gasteiger partial charge >= 0.3 is 6.09 Å². The molecular weight excluding hydrogens is 104 g/mol. The molecule has 0 aliphatic carbocycles. The molecule has 0 unspecified atom stereocenters. The van der Waals surface area contributed by atoms with Gasteiger partial charge in [0.15, 0.2) is 0 Å². The first kappa shape index (κ1) is 6.00. The standard InChI is InChI=1S/C2H3F2N3/c3-1(5)7-2(4)6/h(H3,5,6,7). The zero-order valence-corrected chi connectivity index (χ0v) is 3.28. The Morgan fingerprint density at radius 2 is 2.00 bits per heavy atom. The SMILES string of the molecule is N=C(F)/N=C(\N)F. The van der Waals surface area contributed by atoms with E-state index in [1.54, 1.807) is 0 Å². The molecule has 0 aromatic heterocycles. The predicted molar refractivity (Wildman–Crippen MR) is 21.6 cm³/mol. The molecule has 0 saturated carbocycles. The van der Waals surface area contributed by atoms with E-state index in [1.165, 1.54) is 0 Å². The van der Waals surface area contributed by atoms with Crippen LogP contribution in [0.1, 0.15) is 0 Å². The second-order valence-electron chi connectivity index (χ2n) is 0.725. The van der Waals surface area contributed by atoms with Crippen molar-refractivity contribution in [3.8, 4) is 0 Å². The highest BCUT2D eigenvalue weighted by Crippen LogP contribution is 1.75. The first-order chi connectivity index (χ1) is 3.13. The Morgan fingerprint density at radius 3 is 2.00 bits per heavy atom. The highest BCUT2D eigenvalue weighted by molar-refractivity contribution is 5.85. The van der Waals surface area contributed by atoms with E-state index in [4.69, 9.17) is 5.41 Å². The van der Waals surface area contributed by atoms with Crippen LogP contribution in [0.2, 0.25) is 0 Å². The lowest BCUT2D eigenvalue weighted by molar-refractivity contribution is 0.753. The van der Waals surface area contributed by atoms with Crippen molar-refractivity contribution in [2.24, 2.45) is 10.7 Å². The number of halogens is 2. The molecule has 7 heavy (non-hydrogen) atoms. The zero-order valence-electron chi connectivity index (χ0n) is 3.28. The number of hydrogen-bond acceptors (Lipinski definition) is 1. The van der Waals surface area contributed by atoms with Crippen molar-refractivity contribution < 1.29 is 8.78 Å². The summed E-state index contributed by atoms with van der Waals surface area (Å²) in [5, 5.41) is 5.85. The Bertz CT molecular complexity index is 104. The van der Waals surface area contributed by atoms with Gasteiger partial charge in [-0.05, 0) is 0 Å². The normalized spacial score (nSPS) is 11.4. The number of aliphatic imine (C=N–C) groups is 1. The maximum Gasteiger partial charge on any atom is 0.305 e. The van der Waals surface area contributed by atoms with Crippen LogP contribution in [-0.2, 0) is 0 Å². The van der Waals surface area contributed by atoms with E-state index in [-0.39, 0.29) is 0 Å². The smallest absolute Gasteiger partial charge is 0.305 e. The summed E-state index contributed by atoms with van der Waals surface area (Å²) < 4.78 is 22.1. The van der Waals surface area contributed by atoms with Crippen LogP contribution < -0.4 is 5.73 Å². The summed E-state index contributed by atoms with van der Waals surface area (Å²) in [7, 11) is 0. The molecular formula is C2H3F2N3. The van der Waals surface area contributed by atoms with Crippen LogP contribution in [0.4, 0.5) is 8.78 Å². The van der Waals surface area contributed by atoms with Gasteiger partial charge in [0.2, 0.25) is 0 Å². The number of amidine groups is 2. The molecule has 0 aliphatic heterocycles. The summed E-state index contributed by atoms with van der Waals surface area (Å²) in [6, 6.07) is 0. The number of nitrogens with zero attached hydrogens (tertiary/aromatic N) is 1. The summed E-state index contributed by atoms with van der Waals surface area (Å²) in [6.45, 7) is 0. The molecule has 0 aliphatic rings. The molecule has 0 aromatic rings. The van der Waals surface area contributed by atoms with Crippen molar-refractivity contribution in [3.63, 3.8) is 0 Å². The molecule has 3 nitrogen and oxygen atoms in total.